The lowest BCUT2D eigenvalue weighted by atomic mass is 9.96. The molecule has 0 saturated carbocycles. The largest absolute Gasteiger partial charge is 0.457 e. The van der Waals surface area contributed by atoms with Gasteiger partial charge in [0.1, 0.15) is 0 Å². The van der Waals surface area contributed by atoms with Gasteiger partial charge in [-0.3, -0.25) is 0 Å². The van der Waals surface area contributed by atoms with Gasteiger partial charge in [-0.15, -0.1) is 0 Å². The van der Waals surface area contributed by atoms with Crippen molar-refractivity contribution in [3.63, 3.8) is 0 Å². The van der Waals surface area contributed by atoms with E-state index in [4.69, 9.17) is 9.15 Å². The van der Waals surface area contributed by atoms with Crippen molar-refractivity contribution in [3.8, 4) is 0 Å². The lowest BCUT2D eigenvalue weighted by Gasteiger charge is -2.20. The van der Waals surface area contributed by atoms with Crippen LogP contribution in [0, 0.1) is 0 Å². The van der Waals surface area contributed by atoms with Crippen molar-refractivity contribution in [2.45, 2.75) is 18.8 Å². The minimum absolute atomic E-state index is 0.520. The fraction of sp³-hybridized carbons (Fsp3) is 0.556. The summed E-state index contributed by atoms with van der Waals surface area (Å²) < 4.78 is 11.4. The van der Waals surface area contributed by atoms with E-state index in [0.717, 1.165) is 24.3 Å². The van der Waals surface area contributed by atoms with Gasteiger partial charge in [-0.1, -0.05) is 0 Å². The molecule has 0 amide bonds. The van der Waals surface area contributed by atoms with Gasteiger partial charge in [-0.2, -0.15) is 0 Å². The van der Waals surface area contributed by atoms with E-state index in [1.54, 1.807) is 6.26 Å². The zero-order valence-corrected chi connectivity index (χ0v) is 8.34. The molecule has 0 bridgehead atoms. The number of ether oxygens (including phenoxy) is 1. The molecule has 2 nitrogen and oxygen atoms in total. The smallest absolute Gasteiger partial charge is 0.172 e. The molecule has 2 rings (SSSR count). The molecule has 0 N–H and O–H groups in total. The third kappa shape index (κ3) is 1.57. The lowest BCUT2D eigenvalue weighted by Crippen LogP contribution is -2.15. The van der Waals surface area contributed by atoms with Crippen LogP contribution in [0.15, 0.2) is 21.4 Å². The minimum atomic E-state index is 0.520. The van der Waals surface area contributed by atoms with Gasteiger partial charge in [0.05, 0.1) is 12.9 Å². The first-order valence-corrected chi connectivity index (χ1v) is 4.98. The fourth-order valence-corrected chi connectivity index (χ4v) is 2.15. The molecule has 1 aliphatic heterocycles. The molecule has 12 heavy (non-hydrogen) atoms. The Labute approximate surface area is 80.0 Å². The highest BCUT2D eigenvalue weighted by molar-refractivity contribution is 9.10. The molecule has 2 heterocycles. The second-order valence-corrected chi connectivity index (χ2v) is 3.78. The van der Waals surface area contributed by atoms with E-state index in [2.05, 4.69) is 15.9 Å². The number of halogens is 1. The Morgan fingerprint density at radius 2 is 2.42 bits per heavy atom. The Kier molecular flexibility index (Phi) is 2.51. The molecule has 1 aliphatic rings. The molecule has 66 valence electrons. The highest BCUT2D eigenvalue weighted by Gasteiger charge is 2.19. The molecule has 1 unspecified atom stereocenters. The van der Waals surface area contributed by atoms with E-state index in [-0.39, 0.29) is 0 Å². The van der Waals surface area contributed by atoms with Crippen LogP contribution in [0.5, 0.6) is 0 Å². The summed E-state index contributed by atoms with van der Waals surface area (Å²) >= 11 is 3.38. The van der Waals surface area contributed by atoms with Crippen LogP contribution in [-0.4, -0.2) is 13.2 Å². The average molecular weight is 231 g/mol. The maximum atomic E-state index is 5.40. The van der Waals surface area contributed by atoms with E-state index in [1.165, 1.54) is 12.0 Å². The number of hydrogen-bond donors (Lipinski definition) is 0. The molecule has 0 spiro atoms. The van der Waals surface area contributed by atoms with Crippen LogP contribution in [0.3, 0.4) is 0 Å². The molecular weight excluding hydrogens is 220 g/mol. The standard InChI is InChI=1S/C9H11BrO2/c10-9-8(3-5-12-9)7-2-1-4-11-6-7/h3,5,7H,1-2,4,6H2. The van der Waals surface area contributed by atoms with Gasteiger partial charge in [-0.05, 0) is 34.8 Å². The van der Waals surface area contributed by atoms with Crippen molar-refractivity contribution in [1.29, 1.82) is 0 Å². The van der Waals surface area contributed by atoms with E-state index < -0.39 is 0 Å². The van der Waals surface area contributed by atoms with Gasteiger partial charge < -0.3 is 9.15 Å². The molecule has 1 saturated heterocycles. The zero-order chi connectivity index (χ0) is 8.39. The number of rotatable bonds is 1. The molecule has 1 fully saturated rings. The van der Waals surface area contributed by atoms with Gasteiger partial charge in [0.15, 0.2) is 4.67 Å². The van der Waals surface area contributed by atoms with Crippen LogP contribution in [0.4, 0.5) is 0 Å². The Morgan fingerprint density at radius 3 is 3.00 bits per heavy atom. The van der Waals surface area contributed by atoms with Gasteiger partial charge in [0.25, 0.3) is 0 Å². The molecule has 1 atom stereocenters. The molecule has 1 aromatic heterocycles. The Hall–Kier alpha value is -0.280. The van der Waals surface area contributed by atoms with E-state index >= 15 is 0 Å². The molecule has 1 aromatic rings. The SMILES string of the molecule is Brc1occc1C1CCCOC1. The third-order valence-electron chi connectivity index (χ3n) is 2.25. The van der Waals surface area contributed by atoms with Gasteiger partial charge >= 0.3 is 0 Å². The molecular formula is C9H11BrO2. The van der Waals surface area contributed by atoms with Crippen molar-refractivity contribution in [3.05, 3.63) is 22.6 Å². The third-order valence-corrected chi connectivity index (χ3v) is 2.89. The van der Waals surface area contributed by atoms with Crippen LogP contribution in [0.25, 0.3) is 0 Å². The lowest BCUT2D eigenvalue weighted by molar-refractivity contribution is 0.0800. The first-order valence-electron chi connectivity index (χ1n) is 4.18. The summed E-state index contributed by atoms with van der Waals surface area (Å²) in [4.78, 5) is 0. The average Bonchev–Trinajstić information content (AvgIpc) is 2.53. The number of furan rings is 1. The molecule has 0 aliphatic carbocycles. The van der Waals surface area contributed by atoms with Gasteiger partial charge in [0.2, 0.25) is 0 Å². The van der Waals surface area contributed by atoms with Crippen LogP contribution in [-0.2, 0) is 4.74 Å². The van der Waals surface area contributed by atoms with Crippen LogP contribution in [0.1, 0.15) is 24.3 Å². The van der Waals surface area contributed by atoms with Gasteiger partial charge in [0, 0.05) is 18.1 Å². The quantitative estimate of drug-likeness (QED) is 0.741. The Morgan fingerprint density at radius 1 is 1.50 bits per heavy atom. The monoisotopic (exact) mass is 230 g/mol. The predicted molar refractivity (Wildman–Crippen MR) is 49.2 cm³/mol. The maximum Gasteiger partial charge on any atom is 0.172 e. The van der Waals surface area contributed by atoms with E-state index in [0.29, 0.717) is 5.92 Å². The van der Waals surface area contributed by atoms with Crippen LogP contribution >= 0.6 is 15.9 Å². The van der Waals surface area contributed by atoms with Crippen LogP contribution < -0.4 is 0 Å². The van der Waals surface area contributed by atoms with Crippen molar-refractivity contribution in [2.75, 3.05) is 13.2 Å². The molecule has 0 radical (unpaired) electrons. The summed E-state index contributed by atoms with van der Waals surface area (Å²) in [6, 6.07) is 2.02. The Balaban J connectivity index is 2.13. The highest BCUT2D eigenvalue weighted by atomic mass is 79.9. The second kappa shape index (κ2) is 3.62. The van der Waals surface area contributed by atoms with E-state index in [9.17, 15) is 0 Å². The summed E-state index contributed by atoms with van der Waals surface area (Å²) in [5, 5.41) is 0. The van der Waals surface area contributed by atoms with Gasteiger partial charge in [-0.25, -0.2) is 0 Å². The normalized spacial score (nSPS) is 24.2. The second-order valence-electron chi connectivity index (χ2n) is 3.06. The molecule has 0 aromatic carbocycles. The fourth-order valence-electron chi connectivity index (χ4n) is 1.58. The topological polar surface area (TPSA) is 22.4 Å². The molecule has 3 heteroatoms. The summed E-state index contributed by atoms with van der Waals surface area (Å²) in [5.74, 6) is 0.520. The minimum Gasteiger partial charge on any atom is -0.457 e. The summed E-state index contributed by atoms with van der Waals surface area (Å²) in [7, 11) is 0. The maximum absolute atomic E-state index is 5.40. The van der Waals surface area contributed by atoms with Crippen molar-refractivity contribution >= 4 is 15.9 Å². The summed E-state index contributed by atoms with van der Waals surface area (Å²) in [6.45, 7) is 1.74. The Bertz CT molecular complexity index is 251. The summed E-state index contributed by atoms with van der Waals surface area (Å²) in [5.41, 5.74) is 1.25. The first-order chi connectivity index (χ1) is 5.88. The van der Waals surface area contributed by atoms with Crippen molar-refractivity contribution in [2.24, 2.45) is 0 Å². The predicted octanol–water partition coefficient (Wildman–Crippen LogP) is 2.94. The zero-order valence-electron chi connectivity index (χ0n) is 6.75. The van der Waals surface area contributed by atoms with Crippen molar-refractivity contribution in [1.82, 2.24) is 0 Å². The first kappa shape index (κ1) is 8.32. The van der Waals surface area contributed by atoms with E-state index in [1.807, 2.05) is 6.07 Å². The number of hydrogen-bond acceptors (Lipinski definition) is 2. The summed E-state index contributed by atoms with van der Waals surface area (Å²) in [6.07, 6.45) is 4.08. The highest BCUT2D eigenvalue weighted by Crippen LogP contribution is 2.31. The van der Waals surface area contributed by atoms with Crippen LogP contribution in [0.2, 0.25) is 0 Å². The van der Waals surface area contributed by atoms with Crippen molar-refractivity contribution < 1.29 is 9.15 Å².